The zero-order valence-corrected chi connectivity index (χ0v) is 10.2. The molecule has 1 rings (SSSR count). The zero-order valence-electron chi connectivity index (χ0n) is 9.39. The van der Waals surface area contributed by atoms with Crippen molar-refractivity contribution in [1.82, 2.24) is 9.21 Å². The van der Waals surface area contributed by atoms with Gasteiger partial charge in [0.05, 0.1) is 0 Å². The van der Waals surface area contributed by atoms with Crippen molar-refractivity contribution in [2.24, 2.45) is 5.41 Å². The average Bonchev–Trinajstić information content (AvgIpc) is 2.15. The summed E-state index contributed by atoms with van der Waals surface area (Å²) in [7, 11) is 0. The average molecular weight is 234 g/mol. The third kappa shape index (κ3) is 3.25. The minimum atomic E-state index is -1.91. The lowest BCUT2D eigenvalue weighted by Crippen LogP contribution is -2.51. The van der Waals surface area contributed by atoms with Gasteiger partial charge < -0.3 is 4.90 Å². The van der Waals surface area contributed by atoms with E-state index in [4.69, 9.17) is 4.55 Å². The molecule has 1 unspecified atom stereocenters. The number of hydrogen-bond donors (Lipinski definition) is 1. The molecule has 0 bridgehead atoms. The van der Waals surface area contributed by atoms with E-state index in [1.54, 1.807) is 4.90 Å². The summed E-state index contributed by atoms with van der Waals surface area (Å²) < 4.78 is 21.1. The summed E-state index contributed by atoms with van der Waals surface area (Å²) in [6.45, 7) is 7.63. The van der Waals surface area contributed by atoms with Gasteiger partial charge in [0.15, 0.2) is 0 Å². The minimum Gasteiger partial charge on any atom is -0.340 e. The number of piperazine rings is 1. The van der Waals surface area contributed by atoms with Crippen LogP contribution in [0.25, 0.3) is 0 Å². The number of rotatable bonds is 1. The van der Waals surface area contributed by atoms with Crippen molar-refractivity contribution in [3.63, 3.8) is 0 Å². The van der Waals surface area contributed by atoms with Crippen LogP contribution >= 0.6 is 0 Å². The fourth-order valence-electron chi connectivity index (χ4n) is 1.52. The quantitative estimate of drug-likeness (QED) is 0.664. The molecule has 1 aliphatic heterocycles. The molecule has 1 amide bonds. The van der Waals surface area contributed by atoms with Gasteiger partial charge in [-0.15, -0.1) is 0 Å². The second-order valence-corrected chi connectivity index (χ2v) is 5.68. The molecule has 1 fully saturated rings. The highest BCUT2D eigenvalue weighted by Crippen LogP contribution is 2.18. The fraction of sp³-hybridized carbons (Fsp3) is 0.889. The van der Waals surface area contributed by atoms with Crippen LogP contribution in [0.3, 0.4) is 0 Å². The summed E-state index contributed by atoms with van der Waals surface area (Å²) in [5.74, 6) is 0.103. The minimum absolute atomic E-state index is 0.103. The van der Waals surface area contributed by atoms with Crippen LogP contribution in [-0.4, -0.2) is 50.1 Å². The third-order valence-corrected chi connectivity index (χ3v) is 3.20. The third-order valence-electron chi connectivity index (χ3n) is 2.39. The molecule has 1 heterocycles. The molecular formula is C9H18N2O3S. The normalized spacial score (nSPS) is 21.5. The molecular weight excluding hydrogens is 216 g/mol. The lowest BCUT2D eigenvalue weighted by molar-refractivity contribution is -0.140. The van der Waals surface area contributed by atoms with E-state index in [2.05, 4.69) is 0 Å². The molecule has 0 aromatic carbocycles. The monoisotopic (exact) mass is 234 g/mol. The van der Waals surface area contributed by atoms with Gasteiger partial charge in [-0.05, 0) is 0 Å². The predicted molar refractivity (Wildman–Crippen MR) is 58.4 cm³/mol. The van der Waals surface area contributed by atoms with Gasteiger partial charge >= 0.3 is 0 Å². The van der Waals surface area contributed by atoms with E-state index in [-0.39, 0.29) is 11.3 Å². The first kappa shape index (κ1) is 12.6. The Morgan fingerprint density at radius 3 is 2.00 bits per heavy atom. The summed E-state index contributed by atoms with van der Waals surface area (Å²) in [6, 6.07) is 0. The molecule has 0 aromatic heterocycles. The van der Waals surface area contributed by atoms with Gasteiger partial charge in [-0.3, -0.25) is 9.35 Å². The van der Waals surface area contributed by atoms with E-state index in [9.17, 15) is 9.00 Å². The molecule has 0 saturated carbocycles. The highest BCUT2D eigenvalue weighted by molar-refractivity contribution is 7.76. The summed E-state index contributed by atoms with van der Waals surface area (Å²) >= 11 is -1.91. The maximum absolute atomic E-state index is 11.9. The molecule has 1 aliphatic rings. The molecule has 1 atom stereocenters. The first-order valence-corrected chi connectivity index (χ1v) is 6.04. The SMILES string of the molecule is CC(C)(C)C(=O)N1CCN(S(=O)O)CC1. The zero-order chi connectivity index (χ0) is 11.6. The van der Waals surface area contributed by atoms with Crippen LogP contribution in [0.2, 0.25) is 0 Å². The highest BCUT2D eigenvalue weighted by Gasteiger charge is 2.30. The van der Waals surface area contributed by atoms with E-state index in [0.717, 1.165) is 0 Å². The van der Waals surface area contributed by atoms with Gasteiger partial charge in [0.25, 0.3) is 0 Å². The largest absolute Gasteiger partial charge is 0.340 e. The van der Waals surface area contributed by atoms with Gasteiger partial charge in [0.1, 0.15) is 0 Å². The Balaban J connectivity index is 2.51. The van der Waals surface area contributed by atoms with Crippen molar-refractivity contribution in [1.29, 1.82) is 0 Å². The van der Waals surface area contributed by atoms with Crippen molar-refractivity contribution < 1.29 is 13.6 Å². The molecule has 15 heavy (non-hydrogen) atoms. The van der Waals surface area contributed by atoms with Crippen LogP contribution in [0.5, 0.6) is 0 Å². The molecule has 6 heteroatoms. The lowest BCUT2D eigenvalue weighted by Gasteiger charge is -2.35. The molecule has 0 spiro atoms. The van der Waals surface area contributed by atoms with Gasteiger partial charge in [-0.1, -0.05) is 20.8 Å². The number of carbonyl (C=O) groups is 1. The van der Waals surface area contributed by atoms with Gasteiger partial charge in [-0.25, -0.2) is 4.21 Å². The van der Waals surface area contributed by atoms with Crippen molar-refractivity contribution >= 4 is 17.2 Å². The van der Waals surface area contributed by atoms with Gasteiger partial charge in [-0.2, -0.15) is 4.31 Å². The smallest absolute Gasteiger partial charge is 0.234 e. The van der Waals surface area contributed by atoms with E-state index in [0.29, 0.717) is 26.2 Å². The molecule has 0 aliphatic carbocycles. The van der Waals surface area contributed by atoms with Gasteiger partial charge in [0.2, 0.25) is 17.2 Å². The van der Waals surface area contributed by atoms with Crippen molar-refractivity contribution in [3.05, 3.63) is 0 Å². The topological polar surface area (TPSA) is 60.9 Å². The maximum atomic E-state index is 11.9. The Labute approximate surface area is 92.8 Å². The van der Waals surface area contributed by atoms with Gasteiger partial charge in [0, 0.05) is 31.6 Å². The molecule has 1 N–H and O–H groups in total. The highest BCUT2D eigenvalue weighted by atomic mass is 32.2. The Hall–Kier alpha value is -0.460. The second kappa shape index (κ2) is 4.59. The standard InChI is InChI=1S/C9H18N2O3S/c1-9(2,3)8(12)10-4-6-11(7-5-10)15(13)14/h4-7H2,1-3H3,(H,13,14). The molecule has 88 valence electrons. The van der Waals surface area contributed by atoms with Crippen molar-refractivity contribution in [2.75, 3.05) is 26.2 Å². The maximum Gasteiger partial charge on any atom is 0.234 e. The summed E-state index contributed by atoms with van der Waals surface area (Å²) in [5, 5.41) is 0. The summed E-state index contributed by atoms with van der Waals surface area (Å²) in [6.07, 6.45) is 0. The Morgan fingerprint density at radius 1 is 1.20 bits per heavy atom. The Morgan fingerprint density at radius 2 is 1.67 bits per heavy atom. The molecule has 1 saturated heterocycles. The first-order chi connectivity index (χ1) is 6.82. The lowest BCUT2D eigenvalue weighted by atomic mass is 9.94. The van der Waals surface area contributed by atoms with Crippen LogP contribution in [0.15, 0.2) is 0 Å². The van der Waals surface area contributed by atoms with Crippen LogP contribution in [-0.2, 0) is 16.1 Å². The van der Waals surface area contributed by atoms with Crippen LogP contribution in [0, 0.1) is 5.41 Å². The van der Waals surface area contributed by atoms with Crippen LogP contribution in [0.4, 0.5) is 0 Å². The predicted octanol–water partition coefficient (Wildman–Crippen LogP) is 0.313. The number of carbonyl (C=O) groups excluding carboxylic acids is 1. The van der Waals surface area contributed by atoms with Crippen LogP contribution in [0.1, 0.15) is 20.8 Å². The first-order valence-electron chi connectivity index (χ1n) is 4.97. The molecule has 0 aromatic rings. The molecule has 0 radical (unpaired) electrons. The number of hydrogen-bond acceptors (Lipinski definition) is 2. The van der Waals surface area contributed by atoms with E-state index in [1.165, 1.54) is 4.31 Å². The van der Waals surface area contributed by atoms with E-state index in [1.807, 2.05) is 20.8 Å². The Bertz CT molecular complexity index is 267. The summed E-state index contributed by atoms with van der Waals surface area (Å²) in [4.78, 5) is 13.6. The second-order valence-electron chi connectivity index (χ2n) is 4.70. The Kier molecular flexibility index (Phi) is 3.86. The number of amides is 1. The molecule has 5 nitrogen and oxygen atoms in total. The number of nitrogens with zero attached hydrogens (tertiary/aromatic N) is 2. The van der Waals surface area contributed by atoms with Crippen LogP contribution < -0.4 is 0 Å². The van der Waals surface area contributed by atoms with E-state index < -0.39 is 11.3 Å². The fourth-order valence-corrected chi connectivity index (χ4v) is 2.00. The summed E-state index contributed by atoms with van der Waals surface area (Å²) in [5.41, 5.74) is -0.374. The van der Waals surface area contributed by atoms with Crippen molar-refractivity contribution in [3.8, 4) is 0 Å². The van der Waals surface area contributed by atoms with E-state index >= 15 is 0 Å². The van der Waals surface area contributed by atoms with Crippen molar-refractivity contribution in [2.45, 2.75) is 20.8 Å².